The van der Waals surface area contributed by atoms with Crippen LogP contribution in [0.15, 0.2) is 34.9 Å². The number of hydrogen-bond acceptors (Lipinski definition) is 3. The molecule has 0 atom stereocenters. The number of carboxylic acid groups (broad SMARTS) is 1. The van der Waals surface area contributed by atoms with E-state index in [1.807, 2.05) is 24.6 Å². The summed E-state index contributed by atoms with van der Waals surface area (Å²) < 4.78 is 7.80. The summed E-state index contributed by atoms with van der Waals surface area (Å²) in [5.41, 5.74) is 2.00. The van der Waals surface area contributed by atoms with Crippen LogP contribution in [-0.4, -0.2) is 28.2 Å². The zero-order valence-electron chi connectivity index (χ0n) is 12.8. The fraction of sp³-hybridized carbons (Fsp3) is 0.250. The van der Waals surface area contributed by atoms with Crippen molar-refractivity contribution in [3.05, 3.63) is 46.2 Å². The Bertz CT molecular complexity index is 740. The fourth-order valence-corrected chi connectivity index (χ4v) is 2.59. The molecular formula is C16H17BrN2O4. The minimum atomic E-state index is -1.04. The molecule has 0 aliphatic carbocycles. The predicted octanol–water partition coefficient (Wildman–Crippen LogP) is 3.29. The van der Waals surface area contributed by atoms with Gasteiger partial charge in [0.05, 0.1) is 0 Å². The van der Waals surface area contributed by atoms with E-state index < -0.39 is 12.6 Å². The smallest absolute Gasteiger partial charge is 0.341 e. The topological polar surface area (TPSA) is 80.6 Å². The van der Waals surface area contributed by atoms with Crippen LogP contribution in [-0.2, 0) is 11.3 Å². The summed E-state index contributed by atoms with van der Waals surface area (Å²) in [6.45, 7) is 4.07. The first-order valence-corrected chi connectivity index (χ1v) is 7.82. The van der Waals surface area contributed by atoms with E-state index >= 15 is 0 Å². The van der Waals surface area contributed by atoms with Gasteiger partial charge in [-0.15, -0.1) is 0 Å². The monoisotopic (exact) mass is 380 g/mol. The van der Waals surface area contributed by atoms with E-state index in [9.17, 15) is 9.59 Å². The molecule has 6 nitrogen and oxygen atoms in total. The van der Waals surface area contributed by atoms with Gasteiger partial charge in [-0.3, -0.25) is 4.79 Å². The van der Waals surface area contributed by atoms with Crippen LogP contribution >= 0.6 is 15.9 Å². The van der Waals surface area contributed by atoms with E-state index in [1.54, 1.807) is 24.3 Å². The van der Waals surface area contributed by atoms with Crippen molar-refractivity contribution < 1.29 is 19.4 Å². The highest BCUT2D eigenvalue weighted by Crippen LogP contribution is 2.23. The lowest BCUT2D eigenvalue weighted by atomic mass is 10.2. The van der Waals surface area contributed by atoms with Crippen molar-refractivity contribution in [2.45, 2.75) is 20.4 Å². The number of carbonyl (C=O) groups excluding carboxylic acids is 1. The van der Waals surface area contributed by atoms with Crippen molar-refractivity contribution in [1.82, 2.24) is 4.57 Å². The Morgan fingerprint density at radius 3 is 2.70 bits per heavy atom. The first-order chi connectivity index (χ1) is 10.9. The van der Waals surface area contributed by atoms with Crippen LogP contribution in [0.3, 0.4) is 0 Å². The second-order valence-electron chi connectivity index (χ2n) is 4.94. The van der Waals surface area contributed by atoms with Crippen LogP contribution in [0.5, 0.6) is 5.75 Å². The number of carboxylic acids is 1. The molecule has 1 aromatic carbocycles. The molecule has 0 unspecified atom stereocenters. The molecule has 7 heteroatoms. The number of aromatic nitrogens is 1. The molecule has 1 amide bonds. The van der Waals surface area contributed by atoms with Crippen LogP contribution in [0.1, 0.15) is 23.0 Å². The van der Waals surface area contributed by atoms with Gasteiger partial charge in [-0.2, -0.15) is 0 Å². The van der Waals surface area contributed by atoms with Gasteiger partial charge in [0.1, 0.15) is 11.4 Å². The molecule has 0 aliphatic heterocycles. The van der Waals surface area contributed by atoms with E-state index in [2.05, 4.69) is 21.2 Å². The standard InChI is InChI=1S/C16H17BrN2O4/c1-3-19-8-11(17)7-14(19)16(22)18-13-5-4-12(6-10(13)2)23-9-15(20)21/h4-8H,3,9H2,1-2H3,(H,18,22)(H,20,21). The molecule has 1 aromatic heterocycles. The van der Waals surface area contributed by atoms with E-state index in [4.69, 9.17) is 9.84 Å². The number of nitrogens with one attached hydrogen (secondary N) is 1. The average Bonchev–Trinajstić information content (AvgIpc) is 2.88. The molecule has 23 heavy (non-hydrogen) atoms. The molecule has 0 fully saturated rings. The number of carbonyl (C=O) groups is 2. The number of halogens is 1. The van der Waals surface area contributed by atoms with Crippen molar-refractivity contribution in [3.63, 3.8) is 0 Å². The van der Waals surface area contributed by atoms with Crippen molar-refractivity contribution in [1.29, 1.82) is 0 Å². The SMILES string of the molecule is CCn1cc(Br)cc1C(=O)Nc1ccc(OCC(=O)O)cc1C. The fourth-order valence-electron chi connectivity index (χ4n) is 2.12. The molecule has 2 N–H and O–H groups in total. The molecule has 122 valence electrons. The summed E-state index contributed by atoms with van der Waals surface area (Å²) in [6.07, 6.45) is 1.85. The quantitative estimate of drug-likeness (QED) is 0.805. The van der Waals surface area contributed by atoms with Gasteiger partial charge >= 0.3 is 5.97 Å². The van der Waals surface area contributed by atoms with Crippen molar-refractivity contribution in [2.75, 3.05) is 11.9 Å². The van der Waals surface area contributed by atoms with Gasteiger partial charge in [-0.25, -0.2) is 4.79 Å². The maximum Gasteiger partial charge on any atom is 0.341 e. The highest BCUT2D eigenvalue weighted by atomic mass is 79.9. The molecule has 2 aromatic rings. The number of benzene rings is 1. The number of aryl methyl sites for hydroxylation is 2. The second kappa shape index (κ2) is 7.32. The van der Waals surface area contributed by atoms with Crippen molar-refractivity contribution in [2.24, 2.45) is 0 Å². The molecule has 0 saturated heterocycles. The zero-order valence-corrected chi connectivity index (χ0v) is 14.4. The van der Waals surface area contributed by atoms with Gasteiger partial charge < -0.3 is 19.7 Å². The average molecular weight is 381 g/mol. The normalized spacial score (nSPS) is 10.4. The molecule has 0 saturated carbocycles. The van der Waals surface area contributed by atoms with Crippen LogP contribution in [0.4, 0.5) is 5.69 Å². The third-order valence-electron chi connectivity index (χ3n) is 3.24. The first-order valence-electron chi connectivity index (χ1n) is 7.03. The summed E-state index contributed by atoms with van der Waals surface area (Å²) in [5.74, 6) is -0.798. The number of rotatable bonds is 6. The summed E-state index contributed by atoms with van der Waals surface area (Å²) in [7, 11) is 0. The van der Waals surface area contributed by atoms with Crippen LogP contribution in [0, 0.1) is 6.92 Å². The van der Waals surface area contributed by atoms with Crippen LogP contribution < -0.4 is 10.1 Å². The van der Waals surface area contributed by atoms with Crippen LogP contribution in [0.2, 0.25) is 0 Å². The number of nitrogens with zero attached hydrogens (tertiary/aromatic N) is 1. The lowest BCUT2D eigenvalue weighted by molar-refractivity contribution is -0.139. The Hall–Kier alpha value is -2.28. The highest BCUT2D eigenvalue weighted by Gasteiger charge is 2.14. The second-order valence-corrected chi connectivity index (χ2v) is 5.86. The van der Waals surface area contributed by atoms with Gasteiger partial charge in [0.15, 0.2) is 6.61 Å². The van der Waals surface area contributed by atoms with Gasteiger partial charge in [0.25, 0.3) is 5.91 Å². The summed E-state index contributed by atoms with van der Waals surface area (Å²) in [5, 5.41) is 11.5. The number of aliphatic carboxylic acids is 1. The maximum atomic E-state index is 12.4. The van der Waals surface area contributed by atoms with E-state index in [0.717, 1.165) is 10.0 Å². The Labute approximate surface area is 142 Å². The minimum absolute atomic E-state index is 0.208. The van der Waals surface area contributed by atoms with Crippen molar-refractivity contribution >= 4 is 33.5 Å². The lowest BCUT2D eigenvalue weighted by Gasteiger charge is -2.11. The van der Waals surface area contributed by atoms with Gasteiger partial charge in [0.2, 0.25) is 0 Å². The maximum absolute atomic E-state index is 12.4. The molecule has 1 heterocycles. The third kappa shape index (κ3) is 4.35. The predicted molar refractivity (Wildman–Crippen MR) is 90.1 cm³/mol. The lowest BCUT2D eigenvalue weighted by Crippen LogP contribution is -2.17. The van der Waals surface area contributed by atoms with Gasteiger partial charge in [0, 0.05) is 22.9 Å². The Kier molecular flexibility index (Phi) is 5.44. The Morgan fingerprint density at radius 2 is 2.09 bits per heavy atom. The molecule has 0 aliphatic rings. The van der Waals surface area contributed by atoms with Gasteiger partial charge in [-0.05, 0) is 59.6 Å². The zero-order chi connectivity index (χ0) is 17.0. The first kappa shape index (κ1) is 17.1. The molecule has 0 spiro atoms. The van der Waals surface area contributed by atoms with Crippen molar-refractivity contribution in [3.8, 4) is 5.75 Å². The number of hydrogen-bond donors (Lipinski definition) is 2. The molecule has 2 rings (SSSR count). The highest BCUT2D eigenvalue weighted by molar-refractivity contribution is 9.10. The van der Waals surface area contributed by atoms with Crippen LogP contribution in [0.25, 0.3) is 0 Å². The summed E-state index contributed by atoms with van der Waals surface area (Å²) in [6, 6.07) is 6.77. The Morgan fingerprint density at radius 1 is 1.35 bits per heavy atom. The van der Waals surface area contributed by atoms with E-state index in [1.165, 1.54) is 0 Å². The summed E-state index contributed by atoms with van der Waals surface area (Å²) >= 11 is 3.37. The number of anilines is 1. The molecule has 0 radical (unpaired) electrons. The third-order valence-corrected chi connectivity index (χ3v) is 3.68. The van der Waals surface area contributed by atoms with E-state index in [0.29, 0.717) is 23.7 Å². The number of amides is 1. The largest absolute Gasteiger partial charge is 0.482 e. The number of ether oxygens (including phenoxy) is 1. The molecule has 0 bridgehead atoms. The summed E-state index contributed by atoms with van der Waals surface area (Å²) in [4.78, 5) is 22.9. The van der Waals surface area contributed by atoms with Gasteiger partial charge in [-0.1, -0.05) is 0 Å². The minimum Gasteiger partial charge on any atom is -0.482 e. The van der Waals surface area contributed by atoms with E-state index in [-0.39, 0.29) is 5.91 Å². The molecular weight excluding hydrogens is 364 g/mol. The Balaban J connectivity index is 2.13.